The zero-order chi connectivity index (χ0) is 53.5. The summed E-state index contributed by atoms with van der Waals surface area (Å²) in [6, 6.07) is 0. The van der Waals surface area contributed by atoms with E-state index in [1.165, 1.54) is 80.7 Å². The molecule has 0 amide bonds. The van der Waals surface area contributed by atoms with Crippen LogP contribution in [-0.4, -0.2) is 132 Å². The van der Waals surface area contributed by atoms with Gasteiger partial charge in [-0.2, -0.15) is 21.0 Å². The third kappa shape index (κ3) is 72.2. The summed E-state index contributed by atoms with van der Waals surface area (Å²) in [5.41, 5.74) is 3.55. The Kier molecular flexibility index (Phi) is 64.2. The molecule has 0 aliphatic carbocycles. The number of rotatable bonds is 11. The van der Waals surface area contributed by atoms with E-state index in [0.29, 0.717) is 34.3 Å². The second-order valence-corrected chi connectivity index (χ2v) is 23.0. The van der Waals surface area contributed by atoms with Gasteiger partial charge in [0.2, 0.25) is 28.1 Å². The first kappa shape index (κ1) is 90.7. The van der Waals surface area contributed by atoms with Gasteiger partial charge in [-0.15, -0.1) is 0 Å². The van der Waals surface area contributed by atoms with Gasteiger partial charge in [-0.3, -0.25) is 68.8 Å². The molecule has 0 aromatic carbocycles. The fraction of sp³-hybridized carbons (Fsp3) is 0.297. The first-order chi connectivity index (χ1) is 32.6. The number of nitrogens with zero attached hydrogens (tertiary/aromatic N) is 12. The number of nitrogens with two attached hydrogens (primary N) is 1. The van der Waals surface area contributed by atoms with Gasteiger partial charge in [0.1, 0.15) is 18.1 Å². The van der Waals surface area contributed by atoms with Crippen LogP contribution in [0.15, 0.2) is 112 Å². The number of aliphatic hydroxyl groups is 1. The minimum absolute atomic E-state index is 0. The number of hydrogen-bond donors (Lipinski definition) is 4. The molecule has 39 heteroatoms. The van der Waals surface area contributed by atoms with E-state index in [-0.39, 0.29) is 162 Å². The maximum atomic E-state index is 10.5. The summed E-state index contributed by atoms with van der Waals surface area (Å²) in [6.45, 7) is 2.79. The Hall–Kier alpha value is -1.85. The molecule has 76 heavy (non-hydrogen) atoms. The van der Waals surface area contributed by atoms with Crippen LogP contribution >= 0.6 is 45.8 Å². The van der Waals surface area contributed by atoms with Gasteiger partial charge in [0.15, 0.2) is 5.12 Å². The fourth-order valence-electron chi connectivity index (χ4n) is 3.17. The average Bonchev–Trinajstić information content (AvgIpc) is 3.29. The van der Waals surface area contributed by atoms with Crippen molar-refractivity contribution in [2.45, 2.75) is 57.5 Å². The molecule has 9 N–H and O–H groups in total. The molecule has 0 aliphatic rings. The van der Waals surface area contributed by atoms with Crippen LogP contribution in [0.2, 0.25) is 0 Å². The number of aliphatic hydroxyl groups excluding tert-OH is 1. The van der Waals surface area contributed by atoms with Crippen molar-refractivity contribution in [3.63, 3.8) is 0 Å². The van der Waals surface area contributed by atoms with Gasteiger partial charge in [-0.05, 0) is 6.92 Å². The van der Waals surface area contributed by atoms with Crippen LogP contribution in [0.5, 0.6) is 0 Å². The summed E-state index contributed by atoms with van der Waals surface area (Å²) < 4.78 is 86.4. The number of thiol groups is 1. The van der Waals surface area contributed by atoms with E-state index in [9.17, 15) is 43.3 Å². The molecule has 0 aliphatic heterocycles. The third-order valence-corrected chi connectivity index (χ3v) is 8.92. The Morgan fingerprint density at radius 3 is 1.13 bits per heavy atom. The van der Waals surface area contributed by atoms with Gasteiger partial charge in [-0.1, -0.05) is 19.2 Å². The predicted molar refractivity (Wildman–Crippen MR) is 284 cm³/mol. The van der Waals surface area contributed by atoms with E-state index in [4.69, 9.17) is 20.9 Å². The van der Waals surface area contributed by atoms with E-state index >= 15 is 0 Å². The minimum Gasteiger partial charge on any atom is -0.870 e. The molecule has 0 atom stereocenters. The third-order valence-electron chi connectivity index (χ3n) is 5.54. The maximum absolute atomic E-state index is 10.5. The Labute approximate surface area is 552 Å². The summed E-state index contributed by atoms with van der Waals surface area (Å²) in [6.07, 6.45) is 29.4. The molecule has 0 saturated carbocycles. The molecule has 0 radical (unpaired) electrons. The topological polar surface area (TPSA) is 477 Å². The molecular weight excluding hydrogens is 1240 g/mol. The summed E-state index contributed by atoms with van der Waals surface area (Å²) in [5, 5.41) is 13.1. The van der Waals surface area contributed by atoms with Gasteiger partial charge in [-0.25, -0.2) is 30.4 Å². The van der Waals surface area contributed by atoms with E-state index in [2.05, 4.69) is 99.9 Å². The molecule has 0 unspecified atom stereocenters. The van der Waals surface area contributed by atoms with Crippen LogP contribution in [0, 0.1) is 0 Å². The van der Waals surface area contributed by atoms with Crippen LogP contribution < -0.4 is 114 Å². The predicted octanol–water partition coefficient (Wildman–Crippen LogP) is -4.04. The molecule has 0 fully saturated rings. The number of hydrogen-bond acceptors (Lipinski definition) is 29. The zero-order valence-electron chi connectivity index (χ0n) is 40.8. The van der Waals surface area contributed by atoms with Gasteiger partial charge < -0.3 is 39.6 Å². The quantitative estimate of drug-likeness (QED) is 0.0315. The van der Waals surface area contributed by atoms with E-state index in [1.807, 2.05) is 0 Å². The molecule has 0 spiro atoms. The molecule has 28 nitrogen and oxygen atoms in total. The maximum Gasteiger partial charge on any atom is 1.00 e. The number of aromatic nitrogens is 12. The molecule has 6 aromatic heterocycles. The number of carbonyl (C=O) groups is 2. The number of thioether (sulfide) groups is 1. The molecule has 6 rings (SSSR count). The van der Waals surface area contributed by atoms with Crippen molar-refractivity contribution in [1.29, 1.82) is 0 Å². The van der Waals surface area contributed by atoms with Gasteiger partial charge in [0.05, 0.1) is 65.7 Å². The number of carbonyl (C=O) groups excluding carboxylic acids is 2. The zero-order valence-corrected chi connectivity index (χ0v) is 54.4. The molecule has 0 bridgehead atoms. The number of sulfonamides is 1. The van der Waals surface area contributed by atoms with Crippen molar-refractivity contribution in [2.75, 3.05) is 12.5 Å². The Morgan fingerprint density at radius 1 is 0.618 bits per heavy atom. The van der Waals surface area contributed by atoms with Crippen LogP contribution in [0.25, 0.3) is 0 Å². The second-order valence-electron chi connectivity index (χ2n) is 11.9. The van der Waals surface area contributed by atoms with Crippen LogP contribution in [0.3, 0.4) is 0 Å². The molecule has 0 saturated heterocycles. The monoisotopic (exact) mass is 1290 g/mol. The summed E-state index contributed by atoms with van der Waals surface area (Å²) in [5.74, 6) is 0.736. The largest absolute Gasteiger partial charge is 1.00 e. The van der Waals surface area contributed by atoms with Crippen molar-refractivity contribution in [1.82, 2.24) is 66.0 Å². The summed E-state index contributed by atoms with van der Waals surface area (Å²) in [4.78, 5) is 65.4. The van der Waals surface area contributed by atoms with Crippen molar-refractivity contribution >= 4 is 107 Å². The van der Waals surface area contributed by atoms with Crippen LogP contribution in [0.1, 0.15) is 55.4 Å². The molecule has 416 valence electrons. The first-order valence-electron chi connectivity index (χ1n) is 18.3. The second kappa shape index (κ2) is 53.8. The standard InChI is InChI=1S/C7H8N2OS.C6H8N2O3S.C5H5ClN2O2S.C5H7N3O2S.C5H6N2O.C5H6N2S.C2H4OS.CH3ClO2S.CH4.2K.H3N.2H2O/c1-6(10)11-5-7-4-8-2-3-9-7;1-12(9,10)11-5-6-4-7-2-3-8-6;2*6-11(9,10)4-5-3-7-1-2-8-5;2*8-4-5-3-6-1-2-7-5;1-2(3)4;1-5(2,3)4;;;;;;/h2-4H,5H2,1H3;2-4H,5H2,1H3;1-3H,4H2;1-3H,4H2,(H2,6,9,10);2*1-3,8H,4H2;1H3,(H,3,4);1H3;1H4;;;1H3;2*1H2/q;;;;;;;;;2*+1;;;/p-2. The Bertz CT molecular complexity index is 2670. The van der Waals surface area contributed by atoms with E-state index < -0.39 is 38.2 Å². The van der Waals surface area contributed by atoms with Gasteiger partial charge in [0.25, 0.3) is 10.1 Å². The average molecular weight is 1290 g/mol. The smallest absolute Gasteiger partial charge is 0.870 e. The normalized spacial score (nSPS) is 9.49. The summed E-state index contributed by atoms with van der Waals surface area (Å²) >= 11 is 9.23. The Balaban J connectivity index is -0.000000117. The fourth-order valence-corrected chi connectivity index (χ4v) is 5.56. The van der Waals surface area contributed by atoms with Gasteiger partial charge >= 0.3 is 103 Å². The van der Waals surface area contributed by atoms with Crippen molar-refractivity contribution in [3.05, 3.63) is 146 Å². The van der Waals surface area contributed by atoms with Crippen LogP contribution in [0.4, 0.5) is 0 Å². The first-order valence-corrected chi connectivity index (χ1v) is 29.1. The number of primary sulfonamides is 1. The number of halogens is 2. The molecular formula is C37H56Cl2K2N14O14S7. The minimum atomic E-state index is -3.51. The summed E-state index contributed by atoms with van der Waals surface area (Å²) in [7, 11) is -4.10. The van der Waals surface area contributed by atoms with Crippen LogP contribution in [-0.2, 0) is 101 Å². The molecule has 6 heterocycles. The van der Waals surface area contributed by atoms with Crippen molar-refractivity contribution in [3.8, 4) is 0 Å². The van der Waals surface area contributed by atoms with E-state index in [0.717, 1.165) is 23.9 Å². The van der Waals surface area contributed by atoms with Crippen molar-refractivity contribution in [2.24, 2.45) is 5.14 Å². The van der Waals surface area contributed by atoms with Crippen molar-refractivity contribution < 1.29 is 166 Å². The van der Waals surface area contributed by atoms with E-state index in [1.54, 1.807) is 56.5 Å². The molecule has 6 aromatic rings. The SMILES string of the molecule is C.CC(=O)SCc1cnccn1.CC(=O)[S-].CS(=O)(=O)Cl.CS(=O)(=O)OCc1cnccn1.N.NS(=O)(=O)Cc1cnccn1.O.O=S(=O)(Cl)Cc1cnccn1.OCc1cnccn1.SCc1cnccn1.[K+].[K+].[OH-]. The Morgan fingerprint density at radius 2 is 0.908 bits per heavy atom. The van der Waals surface area contributed by atoms with Gasteiger partial charge in [0, 0.05) is 144 Å².